The minimum absolute atomic E-state index is 0.549. The first-order valence-corrected chi connectivity index (χ1v) is 5.98. The highest BCUT2D eigenvalue weighted by molar-refractivity contribution is 5.41. The van der Waals surface area contributed by atoms with Crippen LogP contribution in [0.5, 0.6) is 5.88 Å². The Hall–Kier alpha value is -1.62. The Morgan fingerprint density at radius 2 is 2.18 bits per heavy atom. The SMILES string of the molecule is COc1cnc2ccc(C3CCNCC3)nn12. The second-order valence-electron chi connectivity index (χ2n) is 4.35. The average Bonchev–Trinajstić information content (AvgIpc) is 2.81. The van der Waals surface area contributed by atoms with Gasteiger partial charge in [0, 0.05) is 5.92 Å². The molecule has 1 aliphatic rings. The van der Waals surface area contributed by atoms with Crippen LogP contribution in [0.2, 0.25) is 0 Å². The number of nitrogens with one attached hydrogen (secondary N) is 1. The number of nitrogens with zero attached hydrogens (tertiary/aromatic N) is 3. The first-order valence-electron chi connectivity index (χ1n) is 5.98. The topological polar surface area (TPSA) is 51.5 Å². The zero-order valence-corrected chi connectivity index (χ0v) is 9.89. The summed E-state index contributed by atoms with van der Waals surface area (Å²) in [5, 5.41) is 8.00. The van der Waals surface area contributed by atoms with E-state index in [9.17, 15) is 0 Å². The van der Waals surface area contributed by atoms with Crippen LogP contribution in [0.25, 0.3) is 5.65 Å². The summed E-state index contributed by atoms with van der Waals surface area (Å²) in [6, 6.07) is 4.09. The summed E-state index contributed by atoms with van der Waals surface area (Å²) < 4.78 is 7.01. The number of ether oxygens (including phenoxy) is 1. The van der Waals surface area contributed by atoms with Crippen molar-refractivity contribution in [3.8, 4) is 5.88 Å². The molecule has 0 radical (unpaired) electrons. The number of piperidine rings is 1. The number of hydrogen-bond acceptors (Lipinski definition) is 4. The van der Waals surface area contributed by atoms with Crippen molar-refractivity contribution in [2.45, 2.75) is 18.8 Å². The van der Waals surface area contributed by atoms with Crippen molar-refractivity contribution < 1.29 is 4.74 Å². The molecule has 0 atom stereocenters. The Balaban J connectivity index is 1.99. The molecule has 90 valence electrons. The molecule has 17 heavy (non-hydrogen) atoms. The van der Waals surface area contributed by atoms with Crippen molar-refractivity contribution in [1.82, 2.24) is 19.9 Å². The third kappa shape index (κ3) is 1.86. The number of methoxy groups -OCH3 is 1. The first-order chi connectivity index (χ1) is 8.38. The van der Waals surface area contributed by atoms with E-state index < -0.39 is 0 Å². The highest BCUT2D eigenvalue weighted by atomic mass is 16.5. The molecule has 0 spiro atoms. The van der Waals surface area contributed by atoms with Gasteiger partial charge in [-0.2, -0.15) is 9.61 Å². The molecule has 1 fully saturated rings. The quantitative estimate of drug-likeness (QED) is 0.845. The van der Waals surface area contributed by atoms with Crippen LogP contribution in [0.3, 0.4) is 0 Å². The van der Waals surface area contributed by atoms with Gasteiger partial charge in [0.2, 0.25) is 5.88 Å². The van der Waals surface area contributed by atoms with Gasteiger partial charge in [0.25, 0.3) is 0 Å². The Morgan fingerprint density at radius 1 is 1.35 bits per heavy atom. The lowest BCUT2D eigenvalue weighted by Gasteiger charge is -2.21. The number of imidazole rings is 1. The van der Waals surface area contributed by atoms with Crippen LogP contribution in [0.1, 0.15) is 24.5 Å². The van der Waals surface area contributed by atoms with E-state index in [1.54, 1.807) is 17.8 Å². The van der Waals surface area contributed by atoms with Crippen LogP contribution in [0.4, 0.5) is 0 Å². The van der Waals surface area contributed by atoms with Crippen LogP contribution in [-0.2, 0) is 0 Å². The predicted octanol–water partition coefficient (Wildman–Crippen LogP) is 1.20. The molecular weight excluding hydrogens is 216 g/mol. The lowest BCUT2D eigenvalue weighted by atomic mass is 9.94. The van der Waals surface area contributed by atoms with Crippen molar-refractivity contribution in [3.05, 3.63) is 24.0 Å². The van der Waals surface area contributed by atoms with Crippen molar-refractivity contribution in [3.63, 3.8) is 0 Å². The molecule has 1 N–H and O–H groups in total. The van der Waals surface area contributed by atoms with Gasteiger partial charge >= 0.3 is 0 Å². The highest BCUT2D eigenvalue weighted by Crippen LogP contribution is 2.24. The zero-order valence-electron chi connectivity index (χ0n) is 9.89. The summed E-state index contributed by atoms with van der Waals surface area (Å²) in [6.45, 7) is 2.15. The van der Waals surface area contributed by atoms with Crippen molar-refractivity contribution in [1.29, 1.82) is 0 Å². The minimum atomic E-state index is 0.549. The predicted molar refractivity (Wildman–Crippen MR) is 64.4 cm³/mol. The second-order valence-corrected chi connectivity index (χ2v) is 4.35. The van der Waals surface area contributed by atoms with Crippen molar-refractivity contribution in [2.24, 2.45) is 0 Å². The van der Waals surface area contributed by atoms with E-state index in [0.717, 1.165) is 37.3 Å². The molecule has 5 nitrogen and oxygen atoms in total. The van der Waals surface area contributed by atoms with Gasteiger partial charge in [0.1, 0.15) is 0 Å². The number of fused-ring (bicyclic) bond motifs is 1. The molecule has 0 bridgehead atoms. The van der Waals surface area contributed by atoms with Crippen LogP contribution >= 0.6 is 0 Å². The van der Waals surface area contributed by atoms with E-state index in [1.807, 2.05) is 6.07 Å². The van der Waals surface area contributed by atoms with Gasteiger partial charge < -0.3 is 10.1 Å². The highest BCUT2D eigenvalue weighted by Gasteiger charge is 2.17. The maximum Gasteiger partial charge on any atom is 0.235 e. The standard InChI is InChI=1S/C12H16N4O/c1-17-12-8-14-11-3-2-10(15-16(11)12)9-4-6-13-7-5-9/h2-3,8-9,13H,4-7H2,1H3. The van der Waals surface area contributed by atoms with E-state index in [0.29, 0.717) is 11.8 Å². The van der Waals surface area contributed by atoms with Gasteiger partial charge in [-0.3, -0.25) is 0 Å². The molecule has 1 aliphatic heterocycles. The third-order valence-corrected chi connectivity index (χ3v) is 3.32. The Labute approximate surface area is 99.8 Å². The van der Waals surface area contributed by atoms with Crippen LogP contribution in [0, 0.1) is 0 Å². The molecule has 2 aromatic rings. The Bertz CT molecular complexity index is 516. The molecule has 0 unspecified atom stereocenters. The lowest BCUT2D eigenvalue weighted by Crippen LogP contribution is -2.27. The fourth-order valence-electron chi connectivity index (χ4n) is 2.34. The molecule has 1 saturated heterocycles. The van der Waals surface area contributed by atoms with Crippen LogP contribution < -0.4 is 10.1 Å². The Morgan fingerprint density at radius 3 is 2.94 bits per heavy atom. The smallest absolute Gasteiger partial charge is 0.235 e. The number of hydrogen-bond donors (Lipinski definition) is 1. The normalized spacial score (nSPS) is 17.5. The summed E-state index contributed by atoms with van der Waals surface area (Å²) in [7, 11) is 1.64. The van der Waals surface area contributed by atoms with Crippen LogP contribution in [0.15, 0.2) is 18.3 Å². The zero-order chi connectivity index (χ0) is 11.7. The molecule has 0 aromatic carbocycles. The monoisotopic (exact) mass is 232 g/mol. The fraction of sp³-hybridized carbons (Fsp3) is 0.500. The van der Waals surface area contributed by atoms with Gasteiger partial charge in [0.05, 0.1) is 19.0 Å². The van der Waals surface area contributed by atoms with E-state index in [4.69, 9.17) is 4.74 Å². The summed E-state index contributed by atoms with van der Waals surface area (Å²) in [4.78, 5) is 4.24. The van der Waals surface area contributed by atoms with Gasteiger partial charge in [-0.25, -0.2) is 4.98 Å². The molecule has 2 aromatic heterocycles. The van der Waals surface area contributed by atoms with E-state index in [-0.39, 0.29) is 0 Å². The summed E-state index contributed by atoms with van der Waals surface area (Å²) >= 11 is 0. The number of aromatic nitrogens is 3. The van der Waals surface area contributed by atoms with Crippen molar-refractivity contribution >= 4 is 5.65 Å². The van der Waals surface area contributed by atoms with E-state index in [2.05, 4.69) is 21.5 Å². The fourth-order valence-corrected chi connectivity index (χ4v) is 2.34. The molecular formula is C12H16N4O. The first kappa shape index (κ1) is 10.5. The van der Waals surface area contributed by atoms with E-state index in [1.165, 1.54) is 0 Å². The molecule has 3 heterocycles. The maximum atomic E-state index is 5.24. The summed E-state index contributed by atoms with van der Waals surface area (Å²) in [5.74, 6) is 1.24. The Kier molecular flexibility index (Phi) is 2.68. The van der Waals surface area contributed by atoms with Gasteiger partial charge in [-0.15, -0.1) is 0 Å². The molecule has 3 rings (SSSR count). The van der Waals surface area contributed by atoms with Crippen molar-refractivity contribution in [2.75, 3.05) is 20.2 Å². The molecule has 0 saturated carbocycles. The van der Waals surface area contributed by atoms with E-state index >= 15 is 0 Å². The van der Waals surface area contributed by atoms with Gasteiger partial charge in [-0.05, 0) is 38.1 Å². The number of rotatable bonds is 2. The third-order valence-electron chi connectivity index (χ3n) is 3.32. The summed E-state index contributed by atoms with van der Waals surface area (Å²) in [6.07, 6.45) is 4.00. The minimum Gasteiger partial charge on any atom is -0.480 e. The molecule has 0 amide bonds. The van der Waals surface area contributed by atoms with Gasteiger partial charge in [-0.1, -0.05) is 0 Å². The lowest BCUT2D eigenvalue weighted by molar-refractivity contribution is 0.384. The second kappa shape index (κ2) is 4.33. The molecule has 5 heteroatoms. The average molecular weight is 232 g/mol. The largest absolute Gasteiger partial charge is 0.480 e. The molecule has 0 aliphatic carbocycles. The van der Waals surface area contributed by atoms with Crippen LogP contribution in [-0.4, -0.2) is 34.8 Å². The maximum absolute atomic E-state index is 5.24. The van der Waals surface area contributed by atoms with Gasteiger partial charge in [0.15, 0.2) is 5.65 Å². The summed E-state index contributed by atoms with van der Waals surface area (Å²) in [5.41, 5.74) is 1.97.